The lowest BCUT2D eigenvalue weighted by atomic mass is 10.1. The van der Waals surface area contributed by atoms with Crippen LogP contribution < -0.4 is 24.3 Å². The SMILES string of the molecule is COc1cc(C=CC(=O)Nc2ccc3c(c2)OCCO3)cc(Br)c1OCc1ccccc1. The van der Waals surface area contributed by atoms with Crippen molar-refractivity contribution < 1.29 is 23.7 Å². The first-order chi connectivity index (χ1) is 15.6. The van der Waals surface area contributed by atoms with Gasteiger partial charge in [0, 0.05) is 17.8 Å². The summed E-state index contributed by atoms with van der Waals surface area (Å²) in [5.41, 5.74) is 2.48. The zero-order valence-corrected chi connectivity index (χ0v) is 19.1. The minimum absolute atomic E-state index is 0.263. The smallest absolute Gasteiger partial charge is 0.248 e. The van der Waals surface area contributed by atoms with Crippen LogP contribution in [0.25, 0.3) is 6.08 Å². The molecule has 1 N–H and O–H groups in total. The molecule has 1 amide bonds. The van der Waals surface area contributed by atoms with Gasteiger partial charge in [0.2, 0.25) is 5.91 Å². The van der Waals surface area contributed by atoms with Gasteiger partial charge in [0.25, 0.3) is 0 Å². The summed E-state index contributed by atoms with van der Waals surface area (Å²) in [6.45, 7) is 1.44. The molecule has 0 saturated carbocycles. The van der Waals surface area contributed by atoms with Crippen molar-refractivity contribution in [2.45, 2.75) is 6.61 Å². The highest BCUT2D eigenvalue weighted by Gasteiger charge is 2.13. The van der Waals surface area contributed by atoms with Crippen molar-refractivity contribution in [2.75, 3.05) is 25.6 Å². The van der Waals surface area contributed by atoms with E-state index in [0.29, 0.717) is 48.5 Å². The quantitative estimate of drug-likeness (QED) is 0.440. The number of hydrogen-bond acceptors (Lipinski definition) is 5. The molecule has 32 heavy (non-hydrogen) atoms. The Bertz CT molecular complexity index is 1130. The predicted octanol–water partition coefficient (Wildman–Crippen LogP) is 5.46. The molecule has 4 rings (SSSR count). The average Bonchev–Trinajstić information content (AvgIpc) is 2.82. The fraction of sp³-hybridized carbons (Fsp3) is 0.160. The van der Waals surface area contributed by atoms with Gasteiger partial charge in [-0.1, -0.05) is 30.3 Å². The van der Waals surface area contributed by atoms with Crippen LogP contribution in [-0.4, -0.2) is 26.2 Å². The number of anilines is 1. The van der Waals surface area contributed by atoms with Crippen LogP contribution in [0.3, 0.4) is 0 Å². The van der Waals surface area contributed by atoms with E-state index in [9.17, 15) is 4.79 Å². The molecule has 3 aromatic rings. The number of hydrogen-bond donors (Lipinski definition) is 1. The molecule has 0 atom stereocenters. The number of halogens is 1. The van der Waals surface area contributed by atoms with Crippen molar-refractivity contribution in [3.63, 3.8) is 0 Å². The van der Waals surface area contributed by atoms with Gasteiger partial charge in [0.1, 0.15) is 19.8 Å². The zero-order chi connectivity index (χ0) is 22.3. The summed E-state index contributed by atoms with van der Waals surface area (Å²) < 4.78 is 23.2. The zero-order valence-electron chi connectivity index (χ0n) is 17.5. The maximum atomic E-state index is 12.4. The maximum absolute atomic E-state index is 12.4. The first-order valence-corrected chi connectivity index (χ1v) is 10.8. The number of ether oxygens (including phenoxy) is 4. The van der Waals surface area contributed by atoms with E-state index in [1.807, 2.05) is 42.5 Å². The highest BCUT2D eigenvalue weighted by molar-refractivity contribution is 9.10. The largest absolute Gasteiger partial charge is 0.493 e. The molecule has 0 radical (unpaired) electrons. The van der Waals surface area contributed by atoms with Crippen LogP contribution in [-0.2, 0) is 11.4 Å². The van der Waals surface area contributed by atoms with E-state index in [1.165, 1.54) is 6.08 Å². The van der Waals surface area contributed by atoms with Gasteiger partial charge in [-0.15, -0.1) is 0 Å². The summed E-state index contributed by atoms with van der Waals surface area (Å²) in [4.78, 5) is 12.4. The number of benzene rings is 3. The second-order valence-corrected chi connectivity index (χ2v) is 7.84. The van der Waals surface area contributed by atoms with E-state index in [1.54, 1.807) is 31.4 Å². The standard InChI is InChI=1S/C25H22BrNO5/c1-29-23-14-18(13-20(26)25(23)32-16-17-5-3-2-4-6-17)7-10-24(28)27-19-8-9-21-22(15-19)31-12-11-30-21/h2-10,13-15H,11-12,16H2,1H3,(H,27,28). The lowest BCUT2D eigenvalue weighted by Gasteiger charge is -2.18. The molecule has 0 unspecified atom stereocenters. The van der Waals surface area contributed by atoms with E-state index >= 15 is 0 Å². The molecule has 3 aromatic carbocycles. The highest BCUT2D eigenvalue weighted by Crippen LogP contribution is 2.37. The lowest BCUT2D eigenvalue weighted by molar-refractivity contribution is -0.111. The Labute approximate surface area is 194 Å². The van der Waals surface area contributed by atoms with Gasteiger partial charge in [-0.2, -0.15) is 0 Å². The molecule has 0 aromatic heterocycles. The van der Waals surface area contributed by atoms with Gasteiger partial charge in [0.15, 0.2) is 23.0 Å². The number of methoxy groups -OCH3 is 1. The fourth-order valence-electron chi connectivity index (χ4n) is 3.18. The Morgan fingerprint density at radius 1 is 1.06 bits per heavy atom. The van der Waals surface area contributed by atoms with Gasteiger partial charge in [-0.25, -0.2) is 0 Å². The number of fused-ring (bicyclic) bond motifs is 1. The van der Waals surface area contributed by atoms with E-state index < -0.39 is 0 Å². The number of amides is 1. The third-order valence-electron chi connectivity index (χ3n) is 4.71. The third-order valence-corrected chi connectivity index (χ3v) is 5.30. The minimum atomic E-state index is -0.263. The van der Waals surface area contributed by atoms with E-state index in [0.717, 1.165) is 15.6 Å². The Hall–Kier alpha value is -3.45. The van der Waals surface area contributed by atoms with Crippen LogP contribution >= 0.6 is 15.9 Å². The van der Waals surface area contributed by atoms with Gasteiger partial charge in [-0.3, -0.25) is 4.79 Å². The van der Waals surface area contributed by atoms with E-state index in [4.69, 9.17) is 18.9 Å². The number of rotatable bonds is 7. The van der Waals surface area contributed by atoms with Crippen LogP contribution in [0.1, 0.15) is 11.1 Å². The molecule has 1 aliphatic rings. The van der Waals surface area contributed by atoms with Gasteiger partial charge < -0.3 is 24.3 Å². The highest BCUT2D eigenvalue weighted by atomic mass is 79.9. The molecule has 7 heteroatoms. The number of carbonyl (C=O) groups excluding carboxylic acids is 1. The Kier molecular flexibility index (Phi) is 6.97. The van der Waals surface area contributed by atoms with Crippen LogP contribution in [0.15, 0.2) is 71.2 Å². The van der Waals surface area contributed by atoms with Gasteiger partial charge >= 0.3 is 0 Å². The van der Waals surface area contributed by atoms with Crippen molar-refractivity contribution in [3.05, 3.63) is 82.3 Å². The molecule has 1 heterocycles. The van der Waals surface area contributed by atoms with Crippen LogP contribution in [0.2, 0.25) is 0 Å². The Morgan fingerprint density at radius 2 is 1.84 bits per heavy atom. The Balaban J connectivity index is 1.43. The Morgan fingerprint density at radius 3 is 2.62 bits per heavy atom. The predicted molar refractivity (Wildman–Crippen MR) is 127 cm³/mol. The van der Waals surface area contributed by atoms with Crippen LogP contribution in [0.4, 0.5) is 5.69 Å². The van der Waals surface area contributed by atoms with E-state index in [-0.39, 0.29) is 5.91 Å². The van der Waals surface area contributed by atoms with Crippen molar-refractivity contribution >= 4 is 33.6 Å². The lowest BCUT2D eigenvalue weighted by Crippen LogP contribution is -2.16. The third kappa shape index (κ3) is 5.42. The van der Waals surface area contributed by atoms with Crippen molar-refractivity contribution in [2.24, 2.45) is 0 Å². The average molecular weight is 496 g/mol. The van der Waals surface area contributed by atoms with Crippen molar-refractivity contribution in [3.8, 4) is 23.0 Å². The van der Waals surface area contributed by atoms with Crippen LogP contribution in [0.5, 0.6) is 23.0 Å². The summed E-state index contributed by atoms with van der Waals surface area (Å²) in [7, 11) is 1.58. The van der Waals surface area contributed by atoms with Gasteiger partial charge in [-0.05, 0) is 57.4 Å². The summed E-state index contributed by atoms with van der Waals surface area (Å²) in [6, 6.07) is 18.9. The normalized spacial score (nSPS) is 12.4. The molecule has 0 spiro atoms. The molecule has 164 valence electrons. The molecule has 0 saturated heterocycles. The first kappa shape index (κ1) is 21.8. The van der Waals surface area contributed by atoms with E-state index in [2.05, 4.69) is 21.2 Å². The molecular formula is C25H22BrNO5. The first-order valence-electron chi connectivity index (χ1n) is 10.1. The van der Waals surface area contributed by atoms with Crippen molar-refractivity contribution in [1.29, 1.82) is 0 Å². The summed E-state index contributed by atoms with van der Waals surface area (Å²) in [5.74, 6) is 2.21. The molecule has 1 aliphatic heterocycles. The van der Waals surface area contributed by atoms with Crippen LogP contribution in [0, 0.1) is 0 Å². The summed E-state index contributed by atoms with van der Waals surface area (Å²) in [5, 5.41) is 2.83. The summed E-state index contributed by atoms with van der Waals surface area (Å²) in [6.07, 6.45) is 3.17. The maximum Gasteiger partial charge on any atom is 0.248 e. The number of nitrogens with one attached hydrogen (secondary N) is 1. The molecule has 0 aliphatic carbocycles. The van der Waals surface area contributed by atoms with Crippen molar-refractivity contribution in [1.82, 2.24) is 0 Å². The molecular weight excluding hydrogens is 474 g/mol. The minimum Gasteiger partial charge on any atom is -0.493 e. The second kappa shape index (κ2) is 10.2. The van der Waals surface area contributed by atoms with Gasteiger partial charge in [0.05, 0.1) is 11.6 Å². The molecule has 0 fully saturated rings. The topological polar surface area (TPSA) is 66.0 Å². The molecule has 0 bridgehead atoms. The summed E-state index contributed by atoms with van der Waals surface area (Å²) >= 11 is 3.54. The monoisotopic (exact) mass is 495 g/mol. The second-order valence-electron chi connectivity index (χ2n) is 6.99. The fourth-order valence-corrected chi connectivity index (χ4v) is 3.76. The number of carbonyl (C=O) groups is 1. The molecule has 6 nitrogen and oxygen atoms in total.